The maximum atomic E-state index is 12.6. The Kier molecular flexibility index (Phi) is 5.47. The van der Waals surface area contributed by atoms with Crippen molar-refractivity contribution >= 4 is 22.9 Å². The van der Waals surface area contributed by atoms with Crippen LogP contribution >= 0.6 is 0 Å². The molecule has 0 bridgehead atoms. The highest BCUT2D eigenvalue weighted by molar-refractivity contribution is 6.03. The number of carbonyl (C=O) groups excluding carboxylic acids is 1. The standard InChI is InChI=1S/C25H19N3O5/c1-2-30-20-10-6-7-17-15-21(32-22(17)20)24-27-28-25(33-24)26-23(29)16-11-13-19(14-12-16)31-18-8-4-3-5-9-18/h3-15H,2H2,1H3,(H,26,28,29). The van der Waals surface area contributed by atoms with Crippen molar-refractivity contribution in [3.63, 3.8) is 0 Å². The van der Waals surface area contributed by atoms with Crippen LogP contribution in [0.4, 0.5) is 6.01 Å². The lowest BCUT2D eigenvalue weighted by molar-refractivity contribution is 0.102. The van der Waals surface area contributed by atoms with Crippen molar-refractivity contribution in [3.8, 4) is 28.9 Å². The summed E-state index contributed by atoms with van der Waals surface area (Å²) >= 11 is 0. The van der Waals surface area contributed by atoms with E-state index < -0.39 is 0 Å². The lowest BCUT2D eigenvalue weighted by Gasteiger charge is -2.06. The summed E-state index contributed by atoms with van der Waals surface area (Å²) in [5.41, 5.74) is 1.01. The molecule has 0 atom stereocenters. The first-order valence-corrected chi connectivity index (χ1v) is 10.3. The van der Waals surface area contributed by atoms with Crippen LogP contribution in [0.2, 0.25) is 0 Å². The van der Waals surface area contributed by atoms with Gasteiger partial charge in [-0.3, -0.25) is 10.1 Å². The van der Waals surface area contributed by atoms with E-state index in [-0.39, 0.29) is 17.8 Å². The minimum Gasteiger partial charge on any atom is -0.490 e. The van der Waals surface area contributed by atoms with E-state index in [1.165, 1.54) is 0 Å². The second kappa shape index (κ2) is 8.88. The number of amides is 1. The normalized spacial score (nSPS) is 10.8. The molecule has 0 saturated carbocycles. The number of carbonyl (C=O) groups is 1. The van der Waals surface area contributed by atoms with Gasteiger partial charge in [-0.05, 0) is 55.5 Å². The number of fused-ring (bicyclic) bond motifs is 1. The van der Waals surface area contributed by atoms with Crippen LogP contribution in [0.1, 0.15) is 17.3 Å². The van der Waals surface area contributed by atoms with Crippen molar-refractivity contribution in [2.24, 2.45) is 0 Å². The molecule has 0 saturated heterocycles. The Hall–Kier alpha value is -4.59. The molecule has 2 heterocycles. The minimum atomic E-state index is -0.389. The summed E-state index contributed by atoms with van der Waals surface area (Å²) in [5.74, 6) is 2.11. The molecule has 1 amide bonds. The second-order valence-corrected chi connectivity index (χ2v) is 7.02. The molecule has 0 radical (unpaired) electrons. The quantitative estimate of drug-likeness (QED) is 0.334. The van der Waals surface area contributed by atoms with E-state index in [0.29, 0.717) is 40.8 Å². The van der Waals surface area contributed by atoms with E-state index >= 15 is 0 Å². The number of hydrogen-bond acceptors (Lipinski definition) is 7. The number of ether oxygens (including phenoxy) is 2. The average molecular weight is 441 g/mol. The zero-order valence-electron chi connectivity index (χ0n) is 17.6. The molecule has 0 aliphatic rings. The van der Waals surface area contributed by atoms with Gasteiger partial charge >= 0.3 is 6.01 Å². The second-order valence-electron chi connectivity index (χ2n) is 7.02. The summed E-state index contributed by atoms with van der Waals surface area (Å²) in [5, 5.41) is 11.3. The van der Waals surface area contributed by atoms with Crippen LogP contribution in [-0.4, -0.2) is 22.7 Å². The number of hydrogen-bond donors (Lipinski definition) is 1. The van der Waals surface area contributed by atoms with Crippen molar-refractivity contribution in [2.45, 2.75) is 6.92 Å². The molecule has 0 fully saturated rings. The Morgan fingerprint density at radius 1 is 0.909 bits per heavy atom. The van der Waals surface area contributed by atoms with Crippen LogP contribution in [-0.2, 0) is 0 Å². The van der Waals surface area contributed by atoms with Gasteiger partial charge in [-0.25, -0.2) is 0 Å². The van der Waals surface area contributed by atoms with Gasteiger partial charge in [0.15, 0.2) is 17.1 Å². The molecule has 0 unspecified atom stereocenters. The number of furan rings is 1. The van der Waals surface area contributed by atoms with Gasteiger partial charge in [0, 0.05) is 10.9 Å². The van der Waals surface area contributed by atoms with Crippen molar-refractivity contribution in [1.29, 1.82) is 0 Å². The highest BCUT2D eigenvalue weighted by atomic mass is 16.5. The first-order valence-electron chi connectivity index (χ1n) is 10.3. The van der Waals surface area contributed by atoms with Gasteiger partial charge < -0.3 is 18.3 Å². The van der Waals surface area contributed by atoms with E-state index in [2.05, 4.69) is 15.5 Å². The highest BCUT2D eigenvalue weighted by Crippen LogP contribution is 2.33. The monoisotopic (exact) mass is 441 g/mol. The van der Waals surface area contributed by atoms with Gasteiger partial charge in [-0.1, -0.05) is 35.4 Å². The fourth-order valence-electron chi connectivity index (χ4n) is 3.25. The van der Waals surface area contributed by atoms with Gasteiger partial charge in [0.25, 0.3) is 11.8 Å². The van der Waals surface area contributed by atoms with Gasteiger partial charge in [0.1, 0.15) is 11.5 Å². The molecule has 0 aliphatic heterocycles. The molecule has 0 spiro atoms. The molecule has 8 heteroatoms. The number of para-hydroxylation sites is 2. The molecule has 5 rings (SSSR count). The topological polar surface area (TPSA) is 99.6 Å². The smallest absolute Gasteiger partial charge is 0.322 e. The Morgan fingerprint density at radius 3 is 2.48 bits per heavy atom. The van der Waals surface area contributed by atoms with Crippen molar-refractivity contribution in [3.05, 3.63) is 84.4 Å². The molecule has 2 aromatic heterocycles. The molecular formula is C25H19N3O5. The van der Waals surface area contributed by atoms with Crippen LogP contribution in [0.3, 0.4) is 0 Å². The SMILES string of the molecule is CCOc1cccc2cc(-c3nnc(NC(=O)c4ccc(Oc5ccccc5)cc4)o3)oc12. The third-order valence-corrected chi connectivity index (χ3v) is 4.76. The van der Waals surface area contributed by atoms with Crippen LogP contribution in [0, 0.1) is 0 Å². The van der Waals surface area contributed by atoms with E-state index in [1.54, 1.807) is 30.3 Å². The van der Waals surface area contributed by atoms with Crippen molar-refractivity contribution < 1.29 is 23.1 Å². The number of nitrogens with zero attached hydrogens (tertiary/aromatic N) is 2. The summed E-state index contributed by atoms with van der Waals surface area (Å²) < 4.78 is 22.8. The minimum absolute atomic E-state index is 0.0369. The zero-order valence-corrected chi connectivity index (χ0v) is 17.6. The zero-order chi connectivity index (χ0) is 22.6. The van der Waals surface area contributed by atoms with E-state index in [9.17, 15) is 4.79 Å². The Morgan fingerprint density at radius 2 is 1.70 bits per heavy atom. The largest absolute Gasteiger partial charge is 0.490 e. The van der Waals surface area contributed by atoms with Gasteiger partial charge in [-0.15, -0.1) is 5.10 Å². The van der Waals surface area contributed by atoms with Crippen LogP contribution in [0.15, 0.2) is 87.7 Å². The van der Waals surface area contributed by atoms with E-state index in [4.69, 9.17) is 18.3 Å². The average Bonchev–Trinajstić information content (AvgIpc) is 3.48. The summed E-state index contributed by atoms with van der Waals surface area (Å²) in [6.45, 7) is 2.42. The molecule has 3 aromatic carbocycles. The van der Waals surface area contributed by atoms with E-state index in [1.807, 2.05) is 55.5 Å². The Balaban J connectivity index is 1.28. The predicted octanol–water partition coefficient (Wildman–Crippen LogP) is 5.93. The maximum Gasteiger partial charge on any atom is 0.322 e. The highest BCUT2D eigenvalue weighted by Gasteiger charge is 2.17. The van der Waals surface area contributed by atoms with Crippen molar-refractivity contribution in [1.82, 2.24) is 10.2 Å². The van der Waals surface area contributed by atoms with E-state index in [0.717, 1.165) is 5.39 Å². The van der Waals surface area contributed by atoms with Crippen molar-refractivity contribution in [2.75, 3.05) is 11.9 Å². The van der Waals surface area contributed by atoms with Crippen LogP contribution in [0.25, 0.3) is 22.6 Å². The van der Waals surface area contributed by atoms with Crippen LogP contribution < -0.4 is 14.8 Å². The van der Waals surface area contributed by atoms with Gasteiger partial charge in [-0.2, -0.15) is 0 Å². The molecule has 164 valence electrons. The third kappa shape index (κ3) is 4.40. The van der Waals surface area contributed by atoms with Crippen LogP contribution in [0.5, 0.6) is 17.2 Å². The predicted molar refractivity (Wildman–Crippen MR) is 122 cm³/mol. The number of anilines is 1. The first kappa shape index (κ1) is 20.3. The number of benzene rings is 3. The maximum absolute atomic E-state index is 12.6. The Labute approximate surface area is 188 Å². The number of aromatic nitrogens is 2. The lowest BCUT2D eigenvalue weighted by atomic mass is 10.2. The fourth-order valence-corrected chi connectivity index (χ4v) is 3.25. The third-order valence-electron chi connectivity index (χ3n) is 4.76. The molecular weight excluding hydrogens is 422 g/mol. The summed E-state index contributed by atoms with van der Waals surface area (Å²) in [4.78, 5) is 12.6. The molecule has 5 aromatic rings. The van der Waals surface area contributed by atoms with Gasteiger partial charge in [0.2, 0.25) is 0 Å². The Bertz CT molecular complexity index is 1390. The molecule has 1 N–H and O–H groups in total. The van der Waals surface area contributed by atoms with Gasteiger partial charge in [0.05, 0.1) is 6.61 Å². The summed E-state index contributed by atoms with van der Waals surface area (Å²) in [6.07, 6.45) is 0. The fraction of sp³-hybridized carbons (Fsp3) is 0.0800. The molecule has 33 heavy (non-hydrogen) atoms. The number of rotatable bonds is 7. The lowest BCUT2D eigenvalue weighted by Crippen LogP contribution is -2.11. The number of nitrogens with one attached hydrogen (secondary N) is 1. The summed E-state index contributed by atoms with van der Waals surface area (Å²) in [7, 11) is 0. The molecule has 8 nitrogen and oxygen atoms in total. The summed E-state index contributed by atoms with van der Waals surface area (Å²) in [6, 6.07) is 23.5. The first-order chi connectivity index (χ1) is 16.2. The molecule has 0 aliphatic carbocycles.